The van der Waals surface area contributed by atoms with Gasteiger partial charge < -0.3 is 4.74 Å². The zero-order valence-electron chi connectivity index (χ0n) is 16.6. The number of hydrogen-bond acceptors (Lipinski definition) is 4. The van der Waals surface area contributed by atoms with Gasteiger partial charge in [0.15, 0.2) is 0 Å². The van der Waals surface area contributed by atoms with Crippen LogP contribution in [-0.2, 0) is 15.1 Å². The van der Waals surface area contributed by atoms with E-state index >= 15 is 0 Å². The summed E-state index contributed by atoms with van der Waals surface area (Å²) in [6.45, 7) is 10.3. The first-order valence-electron chi connectivity index (χ1n) is 9.59. The minimum Gasteiger partial charge on any atom is -0.454 e. The Bertz CT molecular complexity index is 662. The lowest BCUT2D eigenvalue weighted by Crippen LogP contribution is -2.41. The van der Waals surface area contributed by atoms with Gasteiger partial charge in [0.05, 0.1) is 10.3 Å². The maximum Gasteiger partial charge on any atom is 0.312 e. The van der Waals surface area contributed by atoms with E-state index in [2.05, 4.69) is 27.7 Å². The number of nitrogens with zero attached hydrogens (tertiary/aromatic N) is 1. The van der Waals surface area contributed by atoms with E-state index in [1.165, 1.54) is 6.07 Å². The fraction of sp³-hybridized carbons (Fsp3) is 0.667. The second kappa shape index (κ2) is 7.77. The molecule has 144 valence electrons. The molecule has 1 unspecified atom stereocenters. The Morgan fingerprint density at radius 3 is 2.38 bits per heavy atom. The fourth-order valence-electron chi connectivity index (χ4n) is 4.00. The summed E-state index contributed by atoms with van der Waals surface area (Å²) in [6.07, 6.45) is 4.11. The fourth-order valence-corrected chi connectivity index (χ4v) is 4.00. The van der Waals surface area contributed by atoms with Gasteiger partial charge in [-0.2, -0.15) is 0 Å². The minimum atomic E-state index is -0.740. The van der Waals surface area contributed by atoms with Crippen molar-refractivity contribution >= 4 is 11.7 Å². The summed E-state index contributed by atoms with van der Waals surface area (Å²) in [5, 5.41) is 11.2. The van der Waals surface area contributed by atoms with Gasteiger partial charge in [0.1, 0.15) is 5.60 Å². The van der Waals surface area contributed by atoms with Crippen LogP contribution in [0.4, 0.5) is 5.69 Å². The lowest BCUT2D eigenvalue weighted by atomic mass is 9.73. The monoisotopic (exact) mass is 361 g/mol. The van der Waals surface area contributed by atoms with Crippen molar-refractivity contribution in [1.29, 1.82) is 0 Å². The van der Waals surface area contributed by atoms with Crippen molar-refractivity contribution in [2.45, 2.75) is 72.3 Å². The summed E-state index contributed by atoms with van der Waals surface area (Å²) in [5.74, 6) is 0.350. The molecule has 0 spiro atoms. The summed E-state index contributed by atoms with van der Waals surface area (Å²) < 4.78 is 6.19. The number of esters is 1. The number of nitro groups is 1. The molecular formula is C21H31NO4. The van der Waals surface area contributed by atoms with Crippen LogP contribution in [0.25, 0.3) is 0 Å². The molecule has 1 atom stereocenters. The molecule has 2 rings (SSSR count). The van der Waals surface area contributed by atoms with Crippen LogP contribution < -0.4 is 0 Å². The van der Waals surface area contributed by atoms with E-state index in [0.29, 0.717) is 5.92 Å². The van der Waals surface area contributed by atoms with Crippen molar-refractivity contribution in [1.82, 2.24) is 0 Å². The summed E-state index contributed by atoms with van der Waals surface area (Å²) in [4.78, 5) is 24.0. The van der Waals surface area contributed by atoms with Crippen molar-refractivity contribution < 1.29 is 14.5 Å². The molecule has 1 aromatic rings. The Labute approximate surface area is 156 Å². The highest BCUT2D eigenvalue weighted by atomic mass is 16.6. The van der Waals surface area contributed by atoms with E-state index in [0.717, 1.165) is 37.7 Å². The van der Waals surface area contributed by atoms with Crippen LogP contribution in [0.1, 0.15) is 72.3 Å². The number of nitro benzene ring substituents is 1. The maximum atomic E-state index is 13.2. The van der Waals surface area contributed by atoms with Gasteiger partial charge in [0, 0.05) is 17.7 Å². The highest BCUT2D eigenvalue weighted by Crippen LogP contribution is 2.46. The lowest BCUT2D eigenvalue weighted by Gasteiger charge is -2.38. The third-order valence-corrected chi connectivity index (χ3v) is 5.86. The molecule has 1 aliphatic carbocycles. The molecule has 1 aliphatic rings. The second-order valence-corrected chi connectivity index (χ2v) is 8.57. The summed E-state index contributed by atoms with van der Waals surface area (Å²) >= 11 is 0. The van der Waals surface area contributed by atoms with E-state index in [1.807, 2.05) is 13.0 Å². The van der Waals surface area contributed by atoms with Crippen LogP contribution >= 0.6 is 0 Å². The quantitative estimate of drug-likeness (QED) is 0.359. The highest BCUT2D eigenvalue weighted by molar-refractivity contribution is 5.77. The zero-order valence-corrected chi connectivity index (χ0v) is 16.6. The number of rotatable bonds is 7. The molecule has 1 aromatic carbocycles. The molecule has 1 fully saturated rings. The molecule has 0 aliphatic heterocycles. The van der Waals surface area contributed by atoms with Crippen LogP contribution in [-0.4, -0.2) is 10.9 Å². The van der Waals surface area contributed by atoms with E-state index in [9.17, 15) is 14.9 Å². The van der Waals surface area contributed by atoms with Crippen LogP contribution in [0.2, 0.25) is 0 Å². The van der Waals surface area contributed by atoms with Gasteiger partial charge >= 0.3 is 5.97 Å². The minimum absolute atomic E-state index is 0.0404. The average Bonchev–Trinajstić information content (AvgIpc) is 3.03. The first kappa shape index (κ1) is 20.4. The predicted molar refractivity (Wildman–Crippen MR) is 102 cm³/mol. The van der Waals surface area contributed by atoms with Gasteiger partial charge in [0.2, 0.25) is 0 Å². The first-order chi connectivity index (χ1) is 12.1. The normalized spacial score (nSPS) is 18.7. The topological polar surface area (TPSA) is 69.4 Å². The molecule has 0 saturated heterocycles. The average molecular weight is 361 g/mol. The van der Waals surface area contributed by atoms with Crippen molar-refractivity contribution in [3.05, 3.63) is 39.9 Å². The maximum absolute atomic E-state index is 13.2. The molecule has 1 saturated carbocycles. The van der Waals surface area contributed by atoms with Crippen LogP contribution in [0.5, 0.6) is 0 Å². The number of ether oxygens (including phenoxy) is 1. The van der Waals surface area contributed by atoms with Crippen molar-refractivity contribution in [2.75, 3.05) is 0 Å². The Morgan fingerprint density at radius 1 is 1.27 bits per heavy atom. The summed E-state index contributed by atoms with van der Waals surface area (Å²) in [7, 11) is 0. The highest BCUT2D eigenvalue weighted by Gasteiger charge is 2.46. The molecule has 26 heavy (non-hydrogen) atoms. The molecule has 0 bridgehead atoms. The van der Waals surface area contributed by atoms with Crippen LogP contribution in [0, 0.1) is 27.4 Å². The zero-order chi connectivity index (χ0) is 19.5. The largest absolute Gasteiger partial charge is 0.454 e. The van der Waals surface area contributed by atoms with Crippen LogP contribution in [0.3, 0.4) is 0 Å². The van der Waals surface area contributed by atoms with Crippen molar-refractivity contribution in [3.63, 3.8) is 0 Å². The first-order valence-corrected chi connectivity index (χ1v) is 9.59. The Hall–Kier alpha value is -1.91. The molecular weight excluding hydrogens is 330 g/mol. The Balaban J connectivity index is 2.37. The standard InChI is InChI=1S/C21H31NO4/c1-15(2)14-20(5,16(3)4)19(23)26-21(11-6-7-12-21)17-9-8-10-18(13-17)22(24)25/h8-10,13,15-16H,6-7,11-12,14H2,1-5H3. The molecule has 0 radical (unpaired) electrons. The molecule has 0 amide bonds. The summed E-state index contributed by atoms with van der Waals surface area (Å²) in [5.41, 5.74) is -0.521. The lowest BCUT2D eigenvalue weighted by molar-refractivity contribution is -0.385. The van der Waals surface area contributed by atoms with Crippen molar-refractivity contribution in [2.24, 2.45) is 17.3 Å². The Morgan fingerprint density at radius 2 is 1.88 bits per heavy atom. The van der Waals surface area contributed by atoms with E-state index in [-0.39, 0.29) is 17.6 Å². The molecule has 5 heteroatoms. The summed E-state index contributed by atoms with van der Waals surface area (Å²) in [6, 6.07) is 6.57. The smallest absolute Gasteiger partial charge is 0.312 e. The molecule has 5 nitrogen and oxygen atoms in total. The molecule has 0 heterocycles. The van der Waals surface area contributed by atoms with Gasteiger partial charge in [0.25, 0.3) is 5.69 Å². The van der Waals surface area contributed by atoms with Crippen LogP contribution in [0.15, 0.2) is 24.3 Å². The van der Waals surface area contributed by atoms with Gasteiger partial charge in [-0.1, -0.05) is 39.8 Å². The van der Waals surface area contributed by atoms with Crippen molar-refractivity contribution in [3.8, 4) is 0 Å². The molecule has 0 N–H and O–H groups in total. The second-order valence-electron chi connectivity index (χ2n) is 8.57. The van der Waals surface area contributed by atoms with Gasteiger partial charge in [-0.3, -0.25) is 14.9 Å². The third kappa shape index (κ3) is 4.08. The van der Waals surface area contributed by atoms with E-state index in [1.54, 1.807) is 12.1 Å². The van der Waals surface area contributed by atoms with Gasteiger partial charge in [-0.05, 0) is 50.9 Å². The van der Waals surface area contributed by atoms with Gasteiger partial charge in [-0.25, -0.2) is 0 Å². The number of non-ortho nitro benzene ring substituents is 1. The van der Waals surface area contributed by atoms with E-state index in [4.69, 9.17) is 4.74 Å². The van der Waals surface area contributed by atoms with Gasteiger partial charge in [-0.15, -0.1) is 0 Å². The Kier molecular flexibility index (Phi) is 6.09. The predicted octanol–water partition coefficient (Wildman–Crippen LogP) is 5.62. The molecule has 0 aromatic heterocycles. The van der Waals surface area contributed by atoms with E-state index < -0.39 is 15.9 Å². The number of carbonyl (C=O) groups excluding carboxylic acids is 1. The third-order valence-electron chi connectivity index (χ3n) is 5.86. The number of benzene rings is 1. The number of hydrogen-bond donors (Lipinski definition) is 0. The number of carbonyl (C=O) groups is 1. The SMILES string of the molecule is CC(C)CC(C)(C(=O)OC1(c2cccc([N+](=O)[O-])c2)CCCC1)C(C)C.